The third-order valence-corrected chi connectivity index (χ3v) is 8.60. The lowest BCUT2D eigenvalue weighted by Gasteiger charge is -2.38. The molecule has 1 fully saturated rings. The summed E-state index contributed by atoms with van der Waals surface area (Å²) in [5.74, 6) is -5.88. The molecule has 1 aliphatic heterocycles. The third kappa shape index (κ3) is 6.20. The topological polar surface area (TPSA) is 134 Å². The van der Waals surface area contributed by atoms with Gasteiger partial charge in [0.1, 0.15) is 35.0 Å². The molecule has 2 heterocycles. The molecule has 5 rings (SSSR count). The van der Waals surface area contributed by atoms with Crippen molar-refractivity contribution in [2.75, 3.05) is 24.7 Å². The maximum Gasteiger partial charge on any atom is 0.411 e. The van der Waals surface area contributed by atoms with E-state index in [2.05, 4.69) is 10.3 Å². The fraction of sp³-hybridized carbons (Fsp3) is 0.419. The highest BCUT2D eigenvalue weighted by molar-refractivity contribution is 5.97. The Morgan fingerprint density at radius 2 is 1.78 bits per heavy atom. The Morgan fingerprint density at radius 3 is 2.41 bits per heavy atom. The molecule has 46 heavy (non-hydrogen) atoms. The second-order valence-corrected chi connectivity index (χ2v) is 11.5. The molecule has 1 aromatic heterocycles. The molecule has 0 spiro atoms. The van der Waals surface area contributed by atoms with E-state index < -0.39 is 65.7 Å². The largest absolute Gasteiger partial charge is 0.480 e. The number of benzene rings is 2. The molecule has 3 atom stereocenters. The minimum atomic E-state index is -4.75. The molecular formula is C31H31F5N4O6. The summed E-state index contributed by atoms with van der Waals surface area (Å²) in [4.78, 5) is 43.5. The molecule has 2 aromatic carbocycles. The fourth-order valence-electron chi connectivity index (χ4n) is 5.99. The number of aryl methyl sites for hydroxylation is 1. The lowest BCUT2D eigenvalue weighted by molar-refractivity contribution is -0.167. The van der Waals surface area contributed by atoms with Gasteiger partial charge in [-0.1, -0.05) is 12.1 Å². The van der Waals surface area contributed by atoms with E-state index in [-0.39, 0.29) is 43.7 Å². The van der Waals surface area contributed by atoms with E-state index >= 15 is 8.78 Å². The standard InChI is InChI=1S/C31H31F5N4O6/c1-14-15(2)39(3)29(43)27(37-14)19-5-4-16(20-11-18(41)12-21(19)20)8-24(30(44)45)38-28(42)26-22(32)9-17(10-23(26)33)40-6-7-46-13-25(40)31(34,35)36/h4-5,9-10,18,24-25,41H,6-8,11-13H2,1-3H3,(H,38,42)(H,44,45)/t18-,24-,25+/m0/s1. The summed E-state index contributed by atoms with van der Waals surface area (Å²) in [5, 5.41) is 22.5. The van der Waals surface area contributed by atoms with Crippen LogP contribution in [0.25, 0.3) is 11.3 Å². The first-order valence-electron chi connectivity index (χ1n) is 14.4. The zero-order valence-corrected chi connectivity index (χ0v) is 25.0. The van der Waals surface area contributed by atoms with Crippen molar-refractivity contribution in [1.29, 1.82) is 0 Å². The number of carboxylic acid groups (broad SMARTS) is 1. The van der Waals surface area contributed by atoms with Crippen LogP contribution in [0.4, 0.5) is 27.6 Å². The highest BCUT2D eigenvalue weighted by Gasteiger charge is 2.46. The number of halogens is 5. The number of aliphatic hydroxyl groups is 1. The van der Waals surface area contributed by atoms with E-state index in [9.17, 15) is 37.8 Å². The van der Waals surface area contributed by atoms with Crippen LogP contribution >= 0.6 is 0 Å². The third-order valence-electron chi connectivity index (χ3n) is 8.60. The van der Waals surface area contributed by atoms with Gasteiger partial charge < -0.3 is 29.7 Å². The zero-order valence-electron chi connectivity index (χ0n) is 25.0. The van der Waals surface area contributed by atoms with Gasteiger partial charge >= 0.3 is 12.1 Å². The van der Waals surface area contributed by atoms with Gasteiger partial charge in [0.2, 0.25) is 0 Å². The SMILES string of the molecule is Cc1nc(-c2ccc(C[C@H](NC(=O)c3c(F)cc(N4CCOC[C@@H]4C(F)(F)F)cc3F)C(=O)O)c3c2C[C@@H](O)C3)c(=O)n(C)c1C. The summed E-state index contributed by atoms with van der Waals surface area (Å²) >= 11 is 0. The first-order valence-corrected chi connectivity index (χ1v) is 14.4. The highest BCUT2D eigenvalue weighted by Crippen LogP contribution is 2.35. The highest BCUT2D eigenvalue weighted by atomic mass is 19.4. The lowest BCUT2D eigenvalue weighted by Crippen LogP contribution is -2.53. The predicted molar refractivity (Wildman–Crippen MR) is 155 cm³/mol. The summed E-state index contributed by atoms with van der Waals surface area (Å²) < 4.78 is 77.1. The number of nitrogens with zero attached hydrogens (tertiary/aromatic N) is 3. The summed E-state index contributed by atoms with van der Waals surface area (Å²) in [5.41, 5.74) is 1.58. The van der Waals surface area contributed by atoms with Gasteiger partial charge in [-0.3, -0.25) is 9.59 Å². The number of carboxylic acids is 1. The molecule has 1 saturated heterocycles. The number of alkyl halides is 3. The Hall–Kier alpha value is -4.37. The normalized spacial score (nSPS) is 18.8. The zero-order chi connectivity index (χ0) is 33.7. The van der Waals surface area contributed by atoms with Crippen LogP contribution in [0.15, 0.2) is 29.1 Å². The first kappa shape index (κ1) is 33.0. The van der Waals surface area contributed by atoms with Crippen LogP contribution in [0.1, 0.15) is 38.4 Å². The maximum atomic E-state index is 15.1. The Balaban J connectivity index is 1.43. The number of aliphatic hydroxyl groups excluding tert-OH is 1. The predicted octanol–water partition coefficient (Wildman–Crippen LogP) is 3.00. The van der Waals surface area contributed by atoms with Crippen molar-refractivity contribution in [3.8, 4) is 11.3 Å². The average molecular weight is 651 g/mol. The molecule has 10 nitrogen and oxygen atoms in total. The number of hydrogen-bond donors (Lipinski definition) is 3. The van der Waals surface area contributed by atoms with Gasteiger partial charge in [0, 0.05) is 37.0 Å². The maximum absolute atomic E-state index is 15.1. The van der Waals surface area contributed by atoms with Crippen molar-refractivity contribution in [1.82, 2.24) is 14.9 Å². The molecule has 246 valence electrons. The Kier molecular flexibility index (Phi) is 8.92. The molecule has 3 N–H and O–H groups in total. The van der Waals surface area contributed by atoms with Gasteiger partial charge in [0.25, 0.3) is 11.5 Å². The van der Waals surface area contributed by atoms with Crippen molar-refractivity contribution in [2.45, 2.75) is 57.5 Å². The lowest BCUT2D eigenvalue weighted by atomic mass is 9.92. The summed E-state index contributed by atoms with van der Waals surface area (Å²) in [6, 6.07) is 0.492. The fourth-order valence-corrected chi connectivity index (χ4v) is 5.99. The molecule has 0 bridgehead atoms. The molecule has 2 aliphatic rings. The molecule has 15 heteroatoms. The number of aliphatic carboxylic acids is 1. The summed E-state index contributed by atoms with van der Waals surface area (Å²) in [6.07, 6.45) is -5.61. The van der Waals surface area contributed by atoms with E-state index in [1.807, 2.05) is 0 Å². The molecular weight excluding hydrogens is 619 g/mol. The molecule has 3 aromatic rings. The van der Waals surface area contributed by atoms with Gasteiger partial charge in [-0.2, -0.15) is 13.2 Å². The summed E-state index contributed by atoms with van der Waals surface area (Å²) in [7, 11) is 1.61. The number of nitrogens with one attached hydrogen (secondary N) is 1. The average Bonchev–Trinajstić information content (AvgIpc) is 3.38. The molecule has 1 aliphatic carbocycles. The first-order chi connectivity index (χ1) is 21.6. The van der Waals surface area contributed by atoms with Gasteiger partial charge in [-0.25, -0.2) is 18.6 Å². The molecule has 0 unspecified atom stereocenters. The number of morpholine rings is 1. The Bertz CT molecular complexity index is 1750. The van der Waals surface area contributed by atoms with Crippen molar-refractivity contribution in [3.63, 3.8) is 0 Å². The van der Waals surface area contributed by atoms with Crippen LogP contribution in [-0.2, 0) is 35.8 Å². The number of rotatable bonds is 7. The van der Waals surface area contributed by atoms with Crippen LogP contribution in [0.3, 0.4) is 0 Å². The van der Waals surface area contributed by atoms with E-state index in [4.69, 9.17) is 4.74 Å². The van der Waals surface area contributed by atoms with E-state index in [1.165, 1.54) is 4.57 Å². The van der Waals surface area contributed by atoms with Crippen molar-refractivity contribution >= 4 is 17.6 Å². The van der Waals surface area contributed by atoms with Crippen LogP contribution in [0.5, 0.6) is 0 Å². The van der Waals surface area contributed by atoms with Crippen LogP contribution in [-0.4, -0.2) is 75.8 Å². The van der Waals surface area contributed by atoms with E-state index in [0.717, 1.165) is 4.90 Å². The molecule has 0 saturated carbocycles. The minimum Gasteiger partial charge on any atom is -0.480 e. The van der Waals surface area contributed by atoms with Crippen LogP contribution < -0.4 is 15.8 Å². The van der Waals surface area contributed by atoms with Gasteiger partial charge in [0.05, 0.1) is 25.0 Å². The minimum absolute atomic E-state index is 0.113. The number of carbonyl (C=O) groups is 2. The second-order valence-electron chi connectivity index (χ2n) is 11.5. The number of fused-ring (bicyclic) bond motifs is 1. The molecule has 0 radical (unpaired) electrons. The van der Waals surface area contributed by atoms with Crippen molar-refractivity contribution in [2.24, 2.45) is 7.05 Å². The smallest absolute Gasteiger partial charge is 0.411 e. The van der Waals surface area contributed by atoms with E-state index in [1.54, 1.807) is 33.0 Å². The van der Waals surface area contributed by atoms with Crippen molar-refractivity contribution in [3.05, 3.63) is 79.9 Å². The quantitative estimate of drug-likeness (QED) is 0.333. The monoisotopic (exact) mass is 650 g/mol. The Morgan fingerprint density at radius 1 is 1.13 bits per heavy atom. The van der Waals surface area contributed by atoms with E-state index in [0.29, 0.717) is 45.8 Å². The number of hydrogen-bond acceptors (Lipinski definition) is 7. The second kappa shape index (κ2) is 12.4. The van der Waals surface area contributed by atoms with Gasteiger partial charge in [-0.05, 0) is 55.5 Å². The van der Waals surface area contributed by atoms with Crippen molar-refractivity contribution < 1.29 is 46.5 Å². The molecule has 1 amide bonds. The Labute approximate surface area is 259 Å². The number of aromatic nitrogens is 2. The van der Waals surface area contributed by atoms with Crippen LogP contribution in [0, 0.1) is 25.5 Å². The van der Waals surface area contributed by atoms with Gasteiger partial charge in [0.15, 0.2) is 0 Å². The van der Waals surface area contributed by atoms with Gasteiger partial charge in [-0.15, -0.1) is 0 Å². The number of amides is 1. The number of carbonyl (C=O) groups excluding carboxylic acids is 1. The summed E-state index contributed by atoms with van der Waals surface area (Å²) in [6.45, 7) is 2.35. The number of ether oxygens (including phenoxy) is 1. The number of anilines is 1. The van der Waals surface area contributed by atoms with Crippen LogP contribution in [0.2, 0.25) is 0 Å².